The van der Waals surface area contributed by atoms with Crippen LogP contribution in [0.15, 0.2) is 53.3 Å². The molecule has 1 atom stereocenters. The van der Waals surface area contributed by atoms with Gasteiger partial charge in [-0.25, -0.2) is 9.61 Å². The maximum Gasteiger partial charge on any atom is 0.255 e. The van der Waals surface area contributed by atoms with Gasteiger partial charge in [0.15, 0.2) is 0 Å². The molecule has 1 fully saturated rings. The first-order valence-corrected chi connectivity index (χ1v) is 9.67. The maximum absolute atomic E-state index is 12.9. The van der Waals surface area contributed by atoms with Gasteiger partial charge in [0.05, 0.1) is 5.56 Å². The molecule has 3 aromatic rings. The quantitative estimate of drug-likeness (QED) is 0.688. The average Bonchev–Trinajstić information content (AvgIpc) is 3.18. The van der Waals surface area contributed by atoms with E-state index in [1.54, 1.807) is 25.3 Å². The highest BCUT2D eigenvalue weighted by Crippen LogP contribution is 2.21. The van der Waals surface area contributed by atoms with Crippen LogP contribution >= 0.6 is 0 Å². The molecule has 0 unspecified atom stereocenters. The number of hydrogen-bond donors (Lipinski definition) is 1. The Morgan fingerprint density at radius 3 is 2.90 bits per heavy atom. The summed E-state index contributed by atoms with van der Waals surface area (Å²) in [6.45, 7) is 3.66. The van der Waals surface area contributed by atoms with E-state index in [-0.39, 0.29) is 18.6 Å². The van der Waals surface area contributed by atoms with E-state index < -0.39 is 0 Å². The molecule has 1 saturated heterocycles. The standard InChI is InChI=1S/C21H23N5O3/c1-15-18(25-29-24-15)14-28-19-9-3-2-8-17(19)21(27)23-16-7-6-12-26(13-16)20-10-4-5-11-22-20/h2-5,8-11,16H,6-7,12-14H2,1H3,(H,23,27)/t16-/m0/s1. The predicted molar refractivity (Wildman–Crippen MR) is 107 cm³/mol. The molecule has 4 rings (SSSR count). The van der Waals surface area contributed by atoms with Crippen LogP contribution in [0.5, 0.6) is 5.75 Å². The van der Waals surface area contributed by atoms with Crippen LogP contribution in [-0.4, -0.2) is 40.3 Å². The highest BCUT2D eigenvalue weighted by Gasteiger charge is 2.24. The number of ether oxygens (including phenoxy) is 1. The van der Waals surface area contributed by atoms with E-state index in [4.69, 9.17) is 4.74 Å². The summed E-state index contributed by atoms with van der Waals surface area (Å²) in [5, 5.41) is 10.7. The van der Waals surface area contributed by atoms with Crippen molar-refractivity contribution in [3.05, 3.63) is 65.6 Å². The van der Waals surface area contributed by atoms with Gasteiger partial charge in [0.2, 0.25) is 0 Å². The van der Waals surface area contributed by atoms with Crippen molar-refractivity contribution in [1.29, 1.82) is 0 Å². The van der Waals surface area contributed by atoms with Gasteiger partial charge >= 0.3 is 0 Å². The van der Waals surface area contributed by atoms with E-state index in [0.717, 1.165) is 31.7 Å². The number of amides is 1. The molecule has 0 saturated carbocycles. The average molecular weight is 393 g/mol. The SMILES string of the molecule is Cc1nonc1COc1ccccc1C(=O)N[C@H]1CCCN(c2ccccn2)C1. The maximum atomic E-state index is 12.9. The molecule has 0 bridgehead atoms. The van der Waals surface area contributed by atoms with Crippen molar-refractivity contribution < 1.29 is 14.2 Å². The van der Waals surface area contributed by atoms with Gasteiger partial charge in [-0.05, 0) is 44.0 Å². The summed E-state index contributed by atoms with van der Waals surface area (Å²) in [5.74, 6) is 1.29. The lowest BCUT2D eigenvalue weighted by Crippen LogP contribution is -2.48. The molecule has 150 valence electrons. The van der Waals surface area contributed by atoms with Crippen molar-refractivity contribution in [1.82, 2.24) is 20.6 Å². The number of nitrogens with one attached hydrogen (secondary N) is 1. The largest absolute Gasteiger partial charge is 0.486 e. The zero-order valence-corrected chi connectivity index (χ0v) is 16.2. The van der Waals surface area contributed by atoms with Crippen LogP contribution in [0.4, 0.5) is 5.82 Å². The van der Waals surface area contributed by atoms with Gasteiger partial charge in [-0.2, -0.15) is 0 Å². The number of pyridine rings is 1. The van der Waals surface area contributed by atoms with Gasteiger partial charge in [-0.3, -0.25) is 4.79 Å². The minimum Gasteiger partial charge on any atom is -0.486 e. The smallest absolute Gasteiger partial charge is 0.255 e. The lowest BCUT2D eigenvalue weighted by molar-refractivity contribution is 0.0928. The summed E-state index contributed by atoms with van der Waals surface area (Å²) in [5.41, 5.74) is 1.78. The fourth-order valence-corrected chi connectivity index (χ4v) is 3.41. The lowest BCUT2D eigenvalue weighted by Gasteiger charge is -2.34. The van der Waals surface area contributed by atoms with Crippen molar-refractivity contribution in [2.24, 2.45) is 0 Å². The summed E-state index contributed by atoms with van der Waals surface area (Å²) < 4.78 is 10.5. The van der Waals surface area contributed by atoms with Crippen LogP contribution < -0.4 is 15.0 Å². The molecule has 29 heavy (non-hydrogen) atoms. The van der Waals surface area contributed by atoms with E-state index >= 15 is 0 Å². The third-order valence-electron chi connectivity index (χ3n) is 4.97. The molecule has 8 nitrogen and oxygen atoms in total. The molecule has 1 amide bonds. The van der Waals surface area contributed by atoms with Gasteiger partial charge in [0, 0.05) is 25.3 Å². The number of hydrogen-bond acceptors (Lipinski definition) is 7. The molecule has 8 heteroatoms. The second-order valence-electron chi connectivity index (χ2n) is 7.03. The summed E-state index contributed by atoms with van der Waals surface area (Å²) >= 11 is 0. The second kappa shape index (κ2) is 8.72. The highest BCUT2D eigenvalue weighted by atomic mass is 16.6. The number of benzene rings is 1. The third-order valence-corrected chi connectivity index (χ3v) is 4.97. The van der Waals surface area contributed by atoms with E-state index in [0.29, 0.717) is 22.7 Å². The van der Waals surface area contributed by atoms with Crippen molar-refractivity contribution >= 4 is 11.7 Å². The van der Waals surface area contributed by atoms with E-state index in [2.05, 4.69) is 30.1 Å². The Balaban J connectivity index is 1.41. The van der Waals surface area contributed by atoms with Crippen molar-refractivity contribution in [3.8, 4) is 5.75 Å². The number of anilines is 1. The predicted octanol–water partition coefficient (Wildman–Crippen LogP) is 2.75. The Labute approximate surface area is 168 Å². The number of piperidine rings is 1. The Morgan fingerprint density at radius 2 is 2.10 bits per heavy atom. The van der Waals surface area contributed by atoms with Crippen LogP contribution in [0, 0.1) is 6.92 Å². The number of aromatic nitrogens is 3. The van der Waals surface area contributed by atoms with Gasteiger partial charge in [-0.15, -0.1) is 0 Å². The minimum absolute atomic E-state index is 0.0493. The topological polar surface area (TPSA) is 93.4 Å². The first kappa shape index (κ1) is 18.9. The number of carbonyl (C=O) groups excluding carboxylic acids is 1. The Bertz CT molecular complexity index is 960. The minimum atomic E-state index is -0.150. The molecule has 1 aromatic carbocycles. The molecule has 1 aliphatic heterocycles. The molecular formula is C21H23N5O3. The molecule has 1 N–H and O–H groups in total. The number of aryl methyl sites for hydroxylation is 1. The fraction of sp³-hybridized carbons (Fsp3) is 0.333. The van der Waals surface area contributed by atoms with Crippen molar-refractivity contribution in [2.75, 3.05) is 18.0 Å². The first-order chi connectivity index (χ1) is 14.2. The summed E-state index contributed by atoms with van der Waals surface area (Å²) in [4.78, 5) is 19.6. The van der Waals surface area contributed by atoms with Gasteiger partial charge in [-0.1, -0.05) is 28.5 Å². The third kappa shape index (κ3) is 4.53. The monoisotopic (exact) mass is 393 g/mol. The molecule has 0 radical (unpaired) electrons. The normalized spacial score (nSPS) is 16.4. The number of rotatable bonds is 6. The first-order valence-electron chi connectivity index (χ1n) is 9.67. The molecule has 0 aliphatic carbocycles. The molecular weight excluding hydrogens is 370 g/mol. The van der Waals surface area contributed by atoms with Crippen LogP contribution in [0.3, 0.4) is 0 Å². The van der Waals surface area contributed by atoms with Gasteiger partial charge in [0.25, 0.3) is 5.91 Å². The molecule has 2 aromatic heterocycles. The molecule has 1 aliphatic rings. The zero-order valence-electron chi connectivity index (χ0n) is 16.2. The molecule has 0 spiro atoms. The summed E-state index contributed by atoms with van der Waals surface area (Å²) in [6.07, 6.45) is 3.72. The number of carbonyl (C=O) groups is 1. The van der Waals surface area contributed by atoms with Crippen LogP contribution in [0.1, 0.15) is 34.6 Å². The lowest BCUT2D eigenvalue weighted by atomic mass is 10.0. The highest BCUT2D eigenvalue weighted by molar-refractivity contribution is 5.97. The number of nitrogens with zero attached hydrogens (tertiary/aromatic N) is 4. The Morgan fingerprint density at radius 1 is 1.24 bits per heavy atom. The van der Waals surface area contributed by atoms with Crippen LogP contribution in [0.2, 0.25) is 0 Å². The molecule has 3 heterocycles. The summed E-state index contributed by atoms with van der Waals surface area (Å²) in [6, 6.07) is 13.1. The Hall–Kier alpha value is -3.42. The van der Waals surface area contributed by atoms with Gasteiger partial charge < -0.3 is 15.0 Å². The van der Waals surface area contributed by atoms with E-state index in [9.17, 15) is 4.79 Å². The van der Waals surface area contributed by atoms with E-state index in [1.165, 1.54) is 0 Å². The van der Waals surface area contributed by atoms with Gasteiger partial charge in [0.1, 0.15) is 29.6 Å². The summed E-state index contributed by atoms with van der Waals surface area (Å²) in [7, 11) is 0. The van der Waals surface area contributed by atoms with Crippen molar-refractivity contribution in [2.45, 2.75) is 32.4 Å². The van der Waals surface area contributed by atoms with Crippen molar-refractivity contribution in [3.63, 3.8) is 0 Å². The van der Waals surface area contributed by atoms with E-state index in [1.807, 2.05) is 30.3 Å². The van der Waals surface area contributed by atoms with Crippen LogP contribution in [0.25, 0.3) is 0 Å². The number of para-hydroxylation sites is 1. The fourth-order valence-electron chi connectivity index (χ4n) is 3.41. The Kier molecular flexibility index (Phi) is 5.69. The second-order valence-corrected chi connectivity index (χ2v) is 7.03. The van der Waals surface area contributed by atoms with Crippen LogP contribution in [-0.2, 0) is 6.61 Å². The zero-order chi connectivity index (χ0) is 20.1.